The van der Waals surface area contributed by atoms with Crippen molar-refractivity contribution in [2.75, 3.05) is 6.54 Å². The number of carbonyl (C=O) groups is 2. The van der Waals surface area contributed by atoms with Crippen LogP contribution in [-0.4, -0.2) is 23.3 Å². The average molecular weight is 367 g/mol. The lowest BCUT2D eigenvalue weighted by Crippen LogP contribution is -2.33. The molecule has 0 aliphatic rings. The second kappa shape index (κ2) is 7.38. The van der Waals surface area contributed by atoms with Crippen LogP contribution in [0.4, 0.5) is 0 Å². The van der Waals surface area contributed by atoms with E-state index in [-0.39, 0.29) is 12.3 Å². The predicted octanol–water partition coefficient (Wildman–Crippen LogP) is 3.03. The van der Waals surface area contributed by atoms with Gasteiger partial charge in [0.15, 0.2) is 0 Å². The molecule has 2 rings (SSSR count). The van der Waals surface area contributed by atoms with Crippen molar-refractivity contribution in [1.29, 1.82) is 0 Å². The fraction of sp³-hybridized carbons (Fsp3) is 0.200. The molecule has 0 aliphatic carbocycles. The number of carbonyl (C=O) groups excluding carboxylic acids is 2. The number of amides is 2. The molecule has 4 nitrogen and oxygen atoms in total. The van der Waals surface area contributed by atoms with Crippen molar-refractivity contribution in [2.24, 2.45) is 5.73 Å². The highest BCUT2D eigenvalue weighted by atomic mass is 79.9. The summed E-state index contributed by atoms with van der Waals surface area (Å²) >= 11 is 4.75. The molecule has 1 aromatic carbocycles. The number of hydrogen-bond acceptors (Lipinski definition) is 3. The van der Waals surface area contributed by atoms with Crippen LogP contribution >= 0.6 is 27.3 Å². The van der Waals surface area contributed by atoms with E-state index in [1.807, 2.05) is 41.8 Å². The zero-order chi connectivity index (χ0) is 15.2. The van der Waals surface area contributed by atoms with Crippen LogP contribution in [0.3, 0.4) is 0 Å². The van der Waals surface area contributed by atoms with E-state index in [1.54, 1.807) is 4.90 Å². The molecular formula is C15H15BrN2O2S. The Morgan fingerprint density at radius 3 is 2.48 bits per heavy atom. The Hall–Kier alpha value is -1.66. The molecule has 2 amide bonds. The Labute approximate surface area is 135 Å². The van der Waals surface area contributed by atoms with E-state index < -0.39 is 5.91 Å². The predicted molar refractivity (Wildman–Crippen MR) is 87.0 cm³/mol. The van der Waals surface area contributed by atoms with E-state index in [4.69, 9.17) is 5.73 Å². The Bertz CT molecular complexity index is 628. The van der Waals surface area contributed by atoms with Crippen molar-refractivity contribution >= 4 is 39.1 Å². The van der Waals surface area contributed by atoms with Crippen molar-refractivity contribution in [3.05, 3.63) is 56.7 Å². The molecule has 0 radical (unpaired) electrons. The number of thiophene rings is 1. The van der Waals surface area contributed by atoms with Crippen LogP contribution in [0, 0.1) is 0 Å². The molecule has 0 spiro atoms. The van der Waals surface area contributed by atoms with Gasteiger partial charge in [0, 0.05) is 24.0 Å². The maximum absolute atomic E-state index is 12.6. The molecule has 6 heteroatoms. The number of nitrogens with two attached hydrogens (primary N) is 1. The molecule has 2 N–H and O–H groups in total. The number of hydrogen-bond donors (Lipinski definition) is 1. The van der Waals surface area contributed by atoms with Crippen molar-refractivity contribution in [3.8, 4) is 0 Å². The van der Waals surface area contributed by atoms with E-state index in [0.29, 0.717) is 18.0 Å². The van der Waals surface area contributed by atoms with E-state index >= 15 is 0 Å². The first-order valence-electron chi connectivity index (χ1n) is 6.42. The summed E-state index contributed by atoms with van der Waals surface area (Å²) in [5.41, 5.74) is 6.22. The second-order valence-corrected chi connectivity index (χ2v) is 6.30. The second-order valence-electron chi connectivity index (χ2n) is 4.53. The highest BCUT2D eigenvalue weighted by molar-refractivity contribution is 9.10. The summed E-state index contributed by atoms with van der Waals surface area (Å²) in [5.74, 6) is -0.506. The summed E-state index contributed by atoms with van der Waals surface area (Å²) < 4.78 is 0.773. The lowest BCUT2D eigenvalue weighted by Gasteiger charge is -2.22. The fourth-order valence-electron chi connectivity index (χ4n) is 1.89. The van der Waals surface area contributed by atoms with Crippen LogP contribution in [0.25, 0.3) is 0 Å². The van der Waals surface area contributed by atoms with Gasteiger partial charge in [0.25, 0.3) is 5.91 Å². The largest absolute Gasteiger partial charge is 0.370 e. The number of benzene rings is 1. The maximum atomic E-state index is 12.6. The van der Waals surface area contributed by atoms with Gasteiger partial charge in [-0.05, 0) is 32.9 Å². The van der Waals surface area contributed by atoms with E-state index in [1.165, 1.54) is 11.3 Å². The van der Waals surface area contributed by atoms with E-state index in [9.17, 15) is 9.59 Å². The van der Waals surface area contributed by atoms with Gasteiger partial charge in [-0.2, -0.15) is 0 Å². The SMILES string of the molecule is NC(=O)CCN(Cc1ccccc1)C(=O)c1sccc1Br. The highest BCUT2D eigenvalue weighted by Crippen LogP contribution is 2.25. The molecule has 110 valence electrons. The molecular weight excluding hydrogens is 352 g/mol. The van der Waals surface area contributed by atoms with Gasteiger partial charge < -0.3 is 10.6 Å². The van der Waals surface area contributed by atoms with Gasteiger partial charge >= 0.3 is 0 Å². The minimum Gasteiger partial charge on any atom is -0.370 e. The summed E-state index contributed by atoms with van der Waals surface area (Å²) in [5, 5.41) is 1.85. The monoisotopic (exact) mass is 366 g/mol. The zero-order valence-electron chi connectivity index (χ0n) is 11.3. The average Bonchev–Trinajstić information content (AvgIpc) is 2.90. The Balaban J connectivity index is 2.17. The molecule has 0 bridgehead atoms. The number of primary amides is 1. The smallest absolute Gasteiger partial charge is 0.265 e. The topological polar surface area (TPSA) is 63.4 Å². The van der Waals surface area contributed by atoms with Crippen molar-refractivity contribution < 1.29 is 9.59 Å². The van der Waals surface area contributed by atoms with Crippen LogP contribution in [0.2, 0.25) is 0 Å². The molecule has 1 aromatic heterocycles. The molecule has 0 atom stereocenters. The summed E-state index contributed by atoms with van der Waals surface area (Å²) in [4.78, 5) is 25.9. The van der Waals surface area contributed by atoms with Crippen LogP contribution < -0.4 is 5.73 Å². The third kappa shape index (κ3) is 4.41. The zero-order valence-corrected chi connectivity index (χ0v) is 13.7. The molecule has 0 saturated heterocycles. The van der Waals surface area contributed by atoms with E-state index in [2.05, 4.69) is 15.9 Å². The molecule has 0 fully saturated rings. The van der Waals surface area contributed by atoms with Gasteiger partial charge in [-0.15, -0.1) is 11.3 Å². The lowest BCUT2D eigenvalue weighted by atomic mass is 10.2. The molecule has 2 aromatic rings. The summed E-state index contributed by atoms with van der Waals surface area (Å²) in [6.07, 6.45) is 0.154. The van der Waals surface area contributed by atoms with Crippen molar-refractivity contribution in [2.45, 2.75) is 13.0 Å². The van der Waals surface area contributed by atoms with Gasteiger partial charge in [0.1, 0.15) is 4.88 Å². The van der Waals surface area contributed by atoms with Crippen LogP contribution in [-0.2, 0) is 11.3 Å². The summed E-state index contributed by atoms with van der Waals surface area (Å²) in [6.45, 7) is 0.769. The number of halogens is 1. The number of nitrogens with zero attached hydrogens (tertiary/aromatic N) is 1. The molecule has 21 heavy (non-hydrogen) atoms. The lowest BCUT2D eigenvalue weighted by molar-refractivity contribution is -0.118. The van der Waals surface area contributed by atoms with Gasteiger partial charge in [0.05, 0.1) is 0 Å². The van der Waals surface area contributed by atoms with Crippen molar-refractivity contribution in [1.82, 2.24) is 4.90 Å². The van der Waals surface area contributed by atoms with Gasteiger partial charge in [0.2, 0.25) is 5.91 Å². The summed E-state index contributed by atoms with van der Waals surface area (Å²) in [6, 6.07) is 11.5. The third-order valence-corrected chi connectivity index (χ3v) is 4.77. The third-order valence-electron chi connectivity index (χ3n) is 2.94. The first-order chi connectivity index (χ1) is 10.1. The number of rotatable bonds is 6. The Morgan fingerprint density at radius 2 is 1.90 bits per heavy atom. The van der Waals surface area contributed by atoms with Crippen LogP contribution in [0.1, 0.15) is 21.7 Å². The maximum Gasteiger partial charge on any atom is 0.265 e. The highest BCUT2D eigenvalue weighted by Gasteiger charge is 2.20. The standard InChI is InChI=1S/C15H15BrN2O2S/c16-12-7-9-21-14(12)15(20)18(8-6-13(17)19)10-11-4-2-1-3-5-11/h1-5,7,9H,6,8,10H2,(H2,17,19). The first-order valence-corrected chi connectivity index (χ1v) is 8.09. The van der Waals surface area contributed by atoms with Crippen molar-refractivity contribution in [3.63, 3.8) is 0 Å². The fourth-order valence-corrected chi connectivity index (χ4v) is 3.40. The minimum atomic E-state index is -0.411. The minimum absolute atomic E-state index is 0.0954. The molecule has 0 saturated carbocycles. The Kier molecular flexibility index (Phi) is 5.52. The van der Waals surface area contributed by atoms with Gasteiger partial charge in [-0.1, -0.05) is 30.3 Å². The normalized spacial score (nSPS) is 10.3. The van der Waals surface area contributed by atoms with Gasteiger partial charge in [-0.3, -0.25) is 9.59 Å². The van der Waals surface area contributed by atoms with Crippen LogP contribution in [0.15, 0.2) is 46.3 Å². The molecule has 0 unspecified atom stereocenters. The van der Waals surface area contributed by atoms with E-state index in [0.717, 1.165) is 10.0 Å². The van der Waals surface area contributed by atoms with Gasteiger partial charge in [-0.25, -0.2) is 0 Å². The summed E-state index contributed by atoms with van der Waals surface area (Å²) in [7, 11) is 0. The molecule has 1 heterocycles. The Morgan fingerprint density at radius 1 is 1.19 bits per heavy atom. The molecule has 0 aliphatic heterocycles. The quantitative estimate of drug-likeness (QED) is 0.853. The van der Waals surface area contributed by atoms with Crippen LogP contribution in [0.5, 0.6) is 0 Å². The first kappa shape index (κ1) is 15.7.